The standard InChI is InChI=1S/C13H11BrF3N3O/c1-7-5-11(20(2)19-7)12(21)18-10-6-8(13(15,16)17)3-4-9(10)14/h3-6H,1-2H3,(H,18,21). The van der Waals surface area contributed by atoms with Gasteiger partial charge in [-0.2, -0.15) is 18.3 Å². The largest absolute Gasteiger partial charge is 0.416 e. The summed E-state index contributed by atoms with van der Waals surface area (Å²) in [5.41, 5.74) is 0.124. The van der Waals surface area contributed by atoms with E-state index in [1.807, 2.05) is 0 Å². The molecular formula is C13H11BrF3N3O. The number of nitrogens with zero attached hydrogens (tertiary/aromatic N) is 2. The smallest absolute Gasteiger partial charge is 0.320 e. The Hall–Kier alpha value is -1.83. The van der Waals surface area contributed by atoms with Crippen molar-refractivity contribution in [2.24, 2.45) is 7.05 Å². The minimum atomic E-state index is -4.47. The second-order valence-electron chi connectivity index (χ2n) is 4.44. The number of nitrogens with one attached hydrogen (secondary N) is 1. The zero-order valence-electron chi connectivity index (χ0n) is 11.1. The van der Waals surface area contributed by atoms with Crippen LogP contribution in [0.25, 0.3) is 0 Å². The van der Waals surface area contributed by atoms with E-state index in [1.165, 1.54) is 10.7 Å². The van der Waals surface area contributed by atoms with Gasteiger partial charge in [0.05, 0.1) is 16.9 Å². The lowest BCUT2D eigenvalue weighted by atomic mass is 10.2. The average Bonchev–Trinajstić information content (AvgIpc) is 2.70. The molecule has 4 nitrogen and oxygen atoms in total. The summed E-state index contributed by atoms with van der Waals surface area (Å²) in [6.07, 6.45) is -4.47. The number of hydrogen-bond donors (Lipinski definition) is 1. The van der Waals surface area contributed by atoms with Crippen LogP contribution in [0, 0.1) is 6.92 Å². The van der Waals surface area contributed by atoms with Crippen LogP contribution >= 0.6 is 15.9 Å². The number of aryl methyl sites for hydroxylation is 2. The third-order valence-electron chi connectivity index (χ3n) is 2.78. The predicted molar refractivity (Wildman–Crippen MR) is 75.0 cm³/mol. The summed E-state index contributed by atoms with van der Waals surface area (Å²) < 4.78 is 39.8. The summed E-state index contributed by atoms with van der Waals surface area (Å²) in [7, 11) is 1.59. The quantitative estimate of drug-likeness (QED) is 0.884. The van der Waals surface area contributed by atoms with Crippen molar-refractivity contribution in [3.63, 3.8) is 0 Å². The summed E-state index contributed by atoms with van der Waals surface area (Å²) >= 11 is 3.12. The van der Waals surface area contributed by atoms with Crippen molar-refractivity contribution in [1.82, 2.24) is 9.78 Å². The Morgan fingerprint density at radius 1 is 1.33 bits per heavy atom. The molecular weight excluding hydrogens is 351 g/mol. The van der Waals surface area contributed by atoms with E-state index >= 15 is 0 Å². The maximum atomic E-state index is 12.7. The Balaban J connectivity index is 2.31. The zero-order chi connectivity index (χ0) is 15.8. The summed E-state index contributed by atoms with van der Waals surface area (Å²) in [5.74, 6) is -0.530. The van der Waals surface area contributed by atoms with Gasteiger partial charge in [0, 0.05) is 11.5 Å². The highest BCUT2D eigenvalue weighted by atomic mass is 79.9. The molecule has 112 valence electrons. The van der Waals surface area contributed by atoms with E-state index < -0.39 is 17.6 Å². The first-order chi connectivity index (χ1) is 9.68. The molecule has 1 N–H and O–H groups in total. The van der Waals surface area contributed by atoms with Gasteiger partial charge in [-0.1, -0.05) is 0 Å². The highest BCUT2D eigenvalue weighted by molar-refractivity contribution is 9.10. The van der Waals surface area contributed by atoms with Crippen LogP contribution in [0.1, 0.15) is 21.7 Å². The maximum Gasteiger partial charge on any atom is 0.416 e. The fourth-order valence-electron chi connectivity index (χ4n) is 1.81. The van der Waals surface area contributed by atoms with Crippen molar-refractivity contribution in [2.75, 3.05) is 5.32 Å². The molecule has 0 spiro atoms. The first-order valence-electron chi connectivity index (χ1n) is 5.87. The Kier molecular flexibility index (Phi) is 4.08. The van der Waals surface area contributed by atoms with Gasteiger partial charge in [-0.3, -0.25) is 9.48 Å². The van der Waals surface area contributed by atoms with Crippen molar-refractivity contribution in [3.05, 3.63) is 45.7 Å². The van der Waals surface area contributed by atoms with Crippen molar-refractivity contribution < 1.29 is 18.0 Å². The molecule has 0 aliphatic rings. The Morgan fingerprint density at radius 2 is 2.00 bits per heavy atom. The van der Waals surface area contributed by atoms with Crippen molar-refractivity contribution in [1.29, 1.82) is 0 Å². The fraction of sp³-hybridized carbons (Fsp3) is 0.231. The molecule has 0 aliphatic heterocycles. The predicted octanol–water partition coefficient (Wildman–Crippen LogP) is 3.76. The highest BCUT2D eigenvalue weighted by Gasteiger charge is 2.31. The van der Waals surface area contributed by atoms with Crippen molar-refractivity contribution in [2.45, 2.75) is 13.1 Å². The van der Waals surface area contributed by atoms with Gasteiger partial charge >= 0.3 is 6.18 Å². The van der Waals surface area contributed by atoms with E-state index in [0.717, 1.165) is 12.1 Å². The molecule has 0 saturated heterocycles. The van der Waals surface area contributed by atoms with Crippen LogP contribution in [0.3, 0.4) is 0 Å². The minimum absolute atomic E-state index is 0.0497. The first-order valence-corrected chi connectivity index (χ1v) is 6.66. The molecule has 0 unspecified atom stereocenters. The molecule has 1 amide bonds. The number of halogens is 4. The number of amides is 1. The maximum absolute atomic E-state index is 12.7. The van der Waals surface area contributed by atoms with E-state index in [4.69, 9.17) is 0 Å². The van der Waals surface area contributed by atoms with E-state index in [-0.39, 0.29) is 11.4 Å². The summed E-state index contributed by atoms with van der Waals surface area (Å²) in [6, 6.07) is 4.61. The Morgan fingerprint density at radius 3 is 2.52 bits per heavy atom. The third kappa shape index (κ3) is 3.44. The number of carbonyl (C=O) groups is 1. The molecule has 8 heteroatoms. The molecule has 1 heterocycles. The van der Waals surface area contributed by atoms with Gasteiger partial charge in [0.1, 0.15) is 5.69 Å². The number of anilines is 1. The van der Waals surface area contributed by atoms with Crippen LogP contribution in [0.5, 0.6) is 0 Å². The summed E-state index contributed by atoms with van der Waals surface area (Å²) in [4.78, 5) is 12.1. The van der Waals surface area contributed by atoms with Gasteiger partial charge in [0.15, 0.2) is 0 Å². The SMILES string of the molecule is Cc1cc(C(=O)Nc2cc(C(F)(F)F)ccc2Br)n(C)n1. The number of aromatic nitrogens is 2. The van der Waals surface area contributed by atoms with Crippen LogP contribution in [0.15, 0.2) is 28.7 Å². The average molecular weight is 362 g/mol. The molecule has 0 radical (unpaired) electrons. The van der Waals surface area contributed by atoms with Gasteiger partial charge in [0.2, 0.25) is 0 Å². The van der Waals surface area contributed by atoms with E-state index in [9.17, 15) is 18.0 Å². The first kappa shape index (κ1) is 15.6. The van der Waals surface area contributed by atoms with Crippen LogP contribution < -0.4 is 5.32 Å². The molecule has 21 heavy (non-hydrogen) atoms. The second kappa shape index (κ2) is 5.51. The highest BCUT2D eigenvalue weighted by Crippen LogP contribution is 2.34. The molecule has 0 bridgehead atoms. The Labute approximate surface area is 127 Å². The second-order valence-corrected chi connectivity index (χ2v) is 5.30. The van der Waals surface area contributed by atoms with Crippen LogP contribution in [0.4, 0.5) is 18.9 Å². The van der Waals surface area contributed by atoms with E-state index in [0.29, 0.717) is 10.2 Å². The monoisotopic (exact) mass is 361 g/mol. The molecule has 0 atom stereocenters. The minimum Gasteiger partial charge on any atom is -0.320 e. The number of alkyl halides is 3. The lowest BCUT2D eigenvalue weighted by Gasteiger charge is -2.11. The molecule has 0 aliphatic carbocycles. The summed E-state index contributed by atoms with van der Waals surface area (Å²) in [5, 5.41) is 6.46. The molecule has 1 aromatic heterocycles. The topological polar surface area (TPSA) is 46.9 Å². The lowest BCUT2D eigenvalue weighted by Crippen LogP contribution is -2.17. The fourth-order valence-corrected chi connectivity index (χ4v) is 2.15. The van der Waals surface area contributed by atoms with Crippen molar-refractivity contribution >= 4 is 27.5 Å². The molecule has 0 saturated carbocycles. The molecule has 2 aromatic rings. The van der Waals surface area contributed by atoms with Crippen LogP contribution in [-0.4, -0.2) is 15.7 Å². The number of carbonyl (C=O) groups excluding carboxylic acids is 1. The normalized spacial score (nSPS) is 11.5. The number of rotatable bonds is 2. The molecule has 2 rings (SSSR count). The summed E-state index contributed by atoms with van der Waals surface area (Å²) in [6.45, 7) is 1.72. The van der Waals surface area contributed by atoms with Gasteiger partial charge in [-0.15, -0.1) is 0 Å². The molecule has 1 aromatic carbocycles. The van der Waals surface area contributed by atoms with Gasteiger partial charge in [-0.25, -0.2) is 0 Å². The van der Waals surface area contributed by atoms with E-state index in [1.54, 1.807) is 20.0 Å². The third-order valence-corrected chi connectivity index (χ3v) is 3.47. The Bertz CT molecular complexity index is 694. The van der Waals surface area contributed by atoms with Crippen molar-refractivity contribution in [3.8, 4) is 0 Å². The van der Waals surface area contributed by atoms with Crippen LogP contribution in [0.2, 0.25) is 0 Å². The lowest BCUT2D eigenvalue weighted by molar-refractivity contribution is -0.137. The van der Waals surface area contributed by atoms with Gasteiger partial charge < -0.3 is 5.32 Å². The van der Waals surface area contributed by atoms with Crippen LogP contribution in [-0.2, 0) is 13.2 Å². The molecule has 0 fully saturated rings. The van der Waals surface area contributed by atoms with Gasteiger partial charge in [0.25, 0.3) is 5.91 Å². The van der Waals surface area contributed by atoms with E-state index in [2.05, 4.69) is 26.3 Å². The number of hydrogen-bond acceptors (Lipinski definition) is 2. The number of benzene rings is 1. The zero-order valence-corrected chi connectivity index (χ0v) is 12.7. The van der Waals surface area contributed by atoms with Gasteiger partial charge in [-0.05, 0) is 47.1 Å².